The largest absolute Gasteiger partial charge is 0.382 e. The molecule has 0 unspecified atom stereocenters. The maximum absolute atomic E-state index is 5.60. The minimum Gasteiger partial charge on any atom is -0.382 e. The van der Waals surface area contributed by atoms with Gasteiger partial charge in [0.15, 0.2) is 0 Å². The van der Waals surface area contributed by atoms with Gasteiger partial charge in [-0.3, -0.25) is 15.3 Å². The van der Waals surface area contributed by atoms with Gasteiger partial charge in [-0.25, -0.2) is 5.84 Å². The molecule has 0 bridgehead atoms. The molecule has 1 saturated heterocycles. The zero-order chi connectivity index (χ0) is 15.5. The van der Waals surface area contributed by atoms with Crippen LogP contribution in [0.25, 0.3) is 0 Å². The molecular weight excluding hydrogens is 268 g/mol. The molecule has 0 aromatic rings. The third kappa shape index (κ3) is 7.61. The van der Waals surface area contributed by atoms with Gasteiger partial charge in [0.05, 0.1) is 0 Å². The molecule has 1 aliphatic rings. The SMILES string of the molecule is CCOCCCN=C(NN)N1CCN(CCN(C)C)CC1. The molecule has 0 spiro atoms. The van der Waals surface area contributed by atoms with Gasteiger partial charge >= 0.3 is 0 Å². The smallest absolute Gasteiger partial charge is 0.208 e. The van der Waals surface area contributed by atoms with Crippen LogP contribution in [0.2, 0.25) is 0 Å². The highest BCUT2D eigenvalue weighted by molar-refractivity contribution is 5.79. The molecule has 7 heteroatoms. The topological polar surface area (TPSA) is 69.4 Å². The number of aliphatic imine (C=N–C) groups is 1. The number of piperazine rings is 1. The minimum atomic E-state index is 0.750. The Morgan fingerprint density at radius 3 is 2.57 bits per heavy atom. The van der Waals surface area contributed by atoms with Crippen LogP contribution in [0, 0.1) is 0 Å². The van der Waals surface area contributed by atoms with E-state index in [-0.39, 0.29) is 0 Å². The van der Waals surface area contributed by atoms with Crippen LogP contribution >= 0.6 is 0 Å². The summed E-state index contributed by atoms with van der Waals surface area (Å²) in [6.07, 6.45) is 0.932. The maximum Gasteiger partial charge on any atom is 0.208 e. The molecular formula is C14H32N6O. The van der Waals surface area contributed by atoms with Gasteiger partial charge in [-0.05, 0) is 27.4 Å². The highest BCUT2D eigenvalue weighted by atomic mass is 16.5. The number of nitrogens with one attached hydrogen (secondary N) is 1. The summed E-state index contributed by atoms with van der Waals surface area (Å²) >= 11 is 0. The van der Waals surface area contributed by atoms with E-state index in [9.17, 15) is 0 Å². The van der Waals surface area contributed by atoms with Gasteiger partial charge in [0.1, 0.15) is 0 Å². The second kappa shape index (κ2) is 10.8. The van der Waals surface area contributed by atoms with Crippen LogP contribution in [0.5, 0.6) is 0 Å². The van der Waals surface area contributed by atoms with Gasteiger partial charge in [0, 0.05) is 59.0 Å². The molecule has 124 valence electrons. The maximum atomic E-state index is 5.60. The van der Waals surface area contributed by atoms with Crippen molar-refractivity contribution in [3.63, 3.8) is 0 Å². The molecule has 1 aliphatic heterocycles. The first kappa shape index (κ1) is 18.2. The Kier molecular flexibility index (Phi) is 9.32. The minimum absolute atomic E-state index is 0.750. The number of guanidine groups is 1. The summed E-state index contributed by atoms with van der Waals surface area (Å²) in [7, 11) is 4.23. The molecule has 3 N–H and O–H groups in total. The number of ether oxygens (including phenoxy) is 1. The molecule has 0 amide bonds. The van der Waals surface area contributed by atoms with Crippen molar-refractivity contribution in [2.45, 2.75) is 13.3 Å². The normalized spacial score (nSPS) is 17.6. The van der Waals surface area contributed by atoms with Crippen molar-refractivity contribution < 1.29 is 4.74 Å². The van der Waals surface area contributed by atoms with Crippen molar-refractivity contribution in [2.24, 2.45) is 10.8 Å². The highest BCUT2D eigenvalue weighted by Gasteiger charge is 2.18. The Morgan fingerprint density at radius 1 is 1.29 bits per heavy atom. The summed E-state index contributed by atoms with van der Waals surface area (Å²) in [5.74, 6) is 6.41. The summed E-state index contributed by atoms with van der Waals surface area (Å²) < 4.78 is 5.31. The fraction of sp³-hybridized carbons (Fsp3) is 0.929. The average molecular weight is 300 g/mol. The van der Waals surface area contributed by atoms with E-state index >= 15 is 0 Å². The second-order valence-electron chi connectivity index (χ2n) is 5.53. The standard InChI is InChI=1S/C14H32N6O/c1-4-21-13-5-6-16-14(17-15)20-11-9-19(10-12-20)8-7-18(2)3/h4-13,15H2,1-3H3,(H,16,17). The number of hydrazine groups is 1. The number of nitrogens with zero attached hydrogens (tertiary/aromatic N) is 4. The number of rotatable bonds is 8. The van der Waals surface area contributed by atoms with Crippen LogP contribution in [0.3, 0.4) is 0 Å². The van der Waals surface area contributed by atoms with Gasteiger partial charge < -0.3 is 14.5 Å². The Bertz CT molecular complexity index is 289. The molecule has 0 aromatic carbocycles. The lowest BCUT2D eigenvalue weighted by molar-refractivity contribution is 0.146. The summed E-state index contributed by atoms with van der Waals surface area (Å²) in [5.41, 5.74) is 2.74. The molecule has 0 atom stereocenters. The van der Waals surface area contributed by atoms with Crippen molar-refractivity contribution in [1.82, 2.24) is 20.1 Å². The van der Waals surface area contributed by atoms with Crippen LogP contribution in [-0.4, -0.2) is 93.8 Å². The summed E-state index contributed by atoms with van der Waals surface area (Å²) in [6.45, 7) is 10.6. The summed E-state index contributed by atoms with van der Waals surface area (Å²) in [6, 6.07) is 0. The molecule has 0 radical (unpaired) electrons. The van der Waals surface area contributed by atoms with Crippen LogP contribution in [-0.2, 0) is 4.74 Å². The van der Waals surface area contributed by atoms with Crippen molar-refractivity contribution in [1.29, 1.82) is 0 Å². The van der Waals surface area contributed by atoms with Crippen LogP contribution < -0.4 is 11.3 Å². The molecule has 1 fully saturated rings. The molecule has 7 nitrogen and oxygen atoms in total. The van der Waals surface area contributed by atoms with Crippen molar-refractivity contribution >= 4 is 5.96 Å². The molecule has 0 saturated carbocycles. The quantitative estimate of drug-likeness (QED) is 0.205. The lowest BCUT2D eigenvalue weighted by Gasteiger charge is -2.36. The van der Waals surface area contributed by atoms with E-state index in [0.717, 1.165) is 71.4 Å². The Balaban J connectivity index is 2.27. The van der Waals surface area contributed by atoms with Crippen molar-refractivity contribution in [2.75, 3.05) is 73.1 Å². The van der Waals surface area contributed by atoms with Gasteiger partial charge in [-0.15, -0.1) is 0 Å². The predicted octanol–water partition coefficient (Wildman–Crippen LogP) is -0.588. The highest BCUT2D eigenvalue weighted by Crippen LogP contribution is 2.02. The fourth-order valence-corrected chi connectivity index (χ4v) is 2.26. The van der Waals surface area contributed by atoms with E-state index < -0.39 is 0 Å². The third-order valence-electron chi connectivity index (χ3n) is 3.58. The van der Waals surface area contributed by atoms with E-state index in [1.54, 1.807) is 0 Å². The number of hydrogen-bond acceptors (Lipinski definition) is 5. The molecule has 1 heterocycles. The Labute approximate surface area is 129 Å². The second-order valence-corrected chi connectivity index (χ2v) is 5.53. The van der Waals surface area contributed by atoms with Crippen LogP contribution in [0.4, 0.5) is 0 Å². The Hall–Kier alpha value is -0.890. The van der Waals surface area contributed by atoms with Gasteiger partial charge in [0.2, 0.25) is 5.96 Å². The Morgan fingerprint density at radius 2 is 2.00 bits per heavy atom. The molecule has 0 aromatic heterocycles. The van der Waals surface area contributed by atoms with E-state index in [1.807, 2.05) is 6.92 Å². The third-order valence-corrected chi connectivity index (χ3v) is 3.58. The zero-order valence-corrected chi connectivity index (χ0v) is 13.8. The fourth-order valence-electron chi connectivity index (χ4n) is 2.26. The first-order chi connectivity index (χ1) is 10.2. The predicted molar refractivity (Wildman–Crippen MR) is 87.3 cm³/mol. The lowest BCUT2D eigenvalue weighted by Crippen LogP contribution is -2.54. The van der Waals surface area contributed by atoms with E-state index in [4.69, 9.17) is 10.6 Å². The van der Waals surface area contributed by atoms with Crippen molar-refractivity contribution in [3.05, 3.63) is 0 Å². The van der Waals surface area contributed by atoms with Gasteiger partial charge in [-0.2, -0.15) is 0 Å². The van der Waals surface area contributed by atoms with E-state index in [2.05, 4.69) is 39.2 Å². The summed E-state index contributed by atoms with van der Waals surface area (Å²) in [5, 5.41) is 0. The monoisotopic (exact) mass is 300 g/mol. The first-order valence-electron chi connectivity index (χ1n) is 7.88. The summed E-state index contributed by atoms with van der Waals surface area (Å²) in [4.78, 5) is 11.5. The van der Waals surface area contributed by atoms with Crippen LogP contribution in [0.15, 0.2) is 4.99 Å². The first-order valence-corrected chi connectivity index (χ1v) is 7.88. The molecule has 21 heavy (non-hydrogen) atoms. The average Bonchev–Trinajstić information content (AvgIpc) is 2.49. The van der Waals surface area contributed by atoms with Gasteiger partial charge in [0.25, 0.3) is 0 Å². The number of nitrogens with two attached hydrogens (primary N) is 1. The molecule has 1 rings (SSSR count). The van der Waals surface area contributed by atoms with Crippen LogP contribution in [0.1, 0.15) is 13.3 Å². The number of likely N-dealkylation sites (N-methyl/N-ethyl adjacent to an activating group) is 1. The van der Waals surface area contributed by atoms with E-state index in [1.165, 1.54) is 0 Å². The zero-order valence-electron chi connectivity index (χ0n) is 13.8. The number of hydrogen-bond donors (Lipinski definition) is 2. The molecule has 0 aliphatic carbocycles. The van der Waals surface area contributed by atoms with E-state index in [0.29, 0.717) is 0 Å². The lowest BCUT2D eigenvalue weighted by atomic mass is 10.3. The van der Waals surface area contributed by atoms with Crippen molar-refractivity contribution in [3.8, 4) is 0 Å². The van der Waals surface area contributed by atoms with Gasteiger partial charge in [-0.1, -0.05) is 0 Å².